The van der Waals surface area contributed by atoms with Crippen molar-refractivity contribution in [2.75, 3.05) is 0 Å². The van der Waals surface area contributed by atoms with E-state index in [-0.39, 0.29) is 5.41 Å². The number of rotatable bonds is 4. The van der Waals surface area contributed by atoms with Crippen LogP contribution in [0.2, 0.25) is 0 Å². The zero-order valence-corrected chi connectivity index (χ0v) is 22.4. The molecule has 39 heavy (non-hydrogen) atoms. The van der Waals surface area contributed by atoms with Crippen LogP contribution in [0.25, 0.3) is 56.3 Å². The molecule has 0 nitrogen and oxygen atoms in total. The largest absolute Gasteiger partial charge is 0.0622 e. The topological polar surface area (TPSA) is 0 Å². The normalized spacial score (nSPS) is 13.5. The van der Waals surface area contributed by atoms with Crippen molar-refractivity contribution in [3.63, 3.8) is 0 Å². The number of hydrogen-bond acceptors (Lipinski definition) is 0. The van der Waals surface area contributed by atoms with Gasteiger partial charge < -0.3 is 0 Å². The lowest BCUT2D eigenvalue weighted by Gasteiger charge is -2.22. The molecule has 0 bridgehead atoms. The molecule has 1 aliphatic carbocycles. The molecule has 0 N–H and O–H groups in total. The summed E-state index contributed by atoms with van der Waals surface area (Å²) >= 11 is 0. The van der Waals surface area contributed by atoms with Gasteiger partial charge in [-0.05, 0) is 90.7 Å². The third kappa shape index (κ3) is 4.19. The summed E-state index contributed by atoms with van der Waals surface area (Å²) in [6, 6.07) is 48.7. The Morgan fingerprint density at radius 1 is 0.410 bits per heavy atom. The summed E-state index contributed by atoms with van der Waals surface area (Å²) < 4.78 is 0. The quantitative estimate of drug-likeness (QED) is 0.212. The summed E-state index contributed by atoms with van der Waals surface area (Å²) in [7, 11) is 0. The first-order chi connectivity index (χ1) is 19.1. The number of fused-ring (bicyclic) bond motifs is 4. The van der Waals surface area contributed by atoms with E-state index < -0.39 is 0 Å². The third-order valence-corrected chi connectivity index (χ3v) is 8.25. The second kappa shape index (κ2) is 9.26. The highest BCUT2D eigenvalue weighted by Gasteiger charge is 2.35. The van der Waals surface area contributed by atoms with Crippen LogP contribution in [0, 0.1) is 0 Å². The minimum absolute atomic E-state index is 0.0533. The van der Waals surface area contributed by atoms with Gasteiger partial charge in [0.2, 0.25) is 0 Å². The first kappa shape index (κ1) is 23.4. The number of hydrogen-bond donors (Lipinski definition) is 0. The summed E-state index contributed by atoms with van der Waals surface area (Å²) in [4.78, 5) is 0. The minimum Gasteiger partial charge on any atom is -0.0622 e. The van der Waals surface area contributed by atoms with E-state index in [4.69, 9.17) is 0 Å². The molecule has 0 saturated heterocycles. The van der Waals surface area contributed by atoms with Crippen LogP contribution < -0.4 is 0 Å². The summed E-state index contributed by atoms with van der Waals surface area (Å²) in [5, 5.41) is 2.52. The fourth-order valence-electron chi connectivity index (χ4n) is 6.03. The predicted octanol–water partition coefficient (Wildman–Crippen LogP) is 10.7. The van der Waals surface area contributed by atoms with Gasteiger partial charge in [0.15, 0.2) is 0 Å². The second-order valence-electron chi connectivity index (χ2n) is 11.1. The maximum Gasteiger partial charge on any atom is 0.0159 e. The Hall–Kier alpha value is -4.68. The molecular weight excluding hydrogens is 468 g/mol. The maximum atomic E-state index is 2.41. The van der Waals surface area contributed by atoms with Crippen LogP contribution in [0.5, 0.6) is 0 Å². The molecule has 0 saturated carbocycles. The van der Waals surface area contributed by atoms with E-state index >= 15 is 0 Å². The van der Waals surface area contributed by atoms with E-state index in [2.05, 4.69) is 153 Å². The lowest BCUT2D eigenvalue weighted by Crippen LogP contribution is -2.15. The van der Waals surface area contributed by atoms with Crippen molar-refractivity contribution in [3.05, 3.63) is 156 Å². The molecule has 1 aliphatic rings. The average Bonchev–Trinajstić information content (AvgIpc) is 3.22. The molecule has 0 spiro atoms. The lowest BCUT2D eigenvalue weighted by atomic mass is 9.81. The second-order valence-corrected chi connectivity index (χ2v) is 11.1. The van der Waals surface area contributed by atoms with Gasteiger partial charge in [-0.15, -0.1) is 0 Å². The molecule has 0 radical (unpaired) electrons. The number of benzene rings is 6. The van der Waals surface area contributed by atoms with Crippen molar-refractivity contribution in [3.8, 4) is 33.4 Å². The monoisotopic (exact) mass is 498 g/mol. The van der Waals surface area contributed by atoms with Crippen LogP contribution in [0.3, 0.4) is 0 Å². The van der Waals surface area contributed by atoms with Crippen molar-refractivity contribution < 1.29 is 0 Å². The Bertz CT molecular complexity index is 1850. The lowest BCUT2D eigenvalue weighted by molar-refractivity contribution is 0.661. The van der Waals surface area contributed by atoms with Gasteiger partial charge in [0.05, 0.1) is 0 Å². The van der Waals surface area contributed by atoms with Crippen molar-refractivity contribution in [1.82, 2.24) is 0 Å². The standard InChI is InChI=1S/C39H30/c1-39(2)37-25-33(29-11-7-4-8-12-29)19-21-35(37)36-22-20-34(26-38(36)39)32-18-17-30-23-28(15-16-31(30)24-32)14-13-27-9-5-3-6-10-27/h3-26H,1-2H3. The summed E-state index contributed by atoms with van der Waals surface area (Å²) in [5.41, 5.74) is 13.0. The Morgan fingerprint density at radius 2 is 0.923 bits per heavy atom. The Labute approximate surface area is 230 Å². The van der Waals surface area contributed by atoms with Crippen LogP contribution in [0.4, 0.5) is 0 Å². The van der Waals surface area contributed by atoms with Gasteiger partial charge in [0.25, 0.3) is 0 Å². The van der Waals surface area contributed by atoms with Gasteiger partial charge in [-0.3, -0.25) is 0 Å². The third-order valence-electron chi connectivity index (χ3n) is 8.25. The molecule has 0 aliphatic heterocycles. The van der Waals surface area contributed by atoms with Crippen molar-refractivity contribution in [2.45, 2.75) is 19.3 Å². The summed E-state index contributed by atoms with van der Waals surface area (Å²) in [6.07, 6.45) is 4.36. The molecule has 6 aromatic rings. The van der Waals surface area contributed by atoms with Gasteiger partial charge in [0, 0.05) is 5.41 Å². The molecule has 0 amide bonds. The van der Waals surface area contributed by atoms with Crippen LogP contribution in [0.1, 0.15) is 36.1 Å². The van der Waals surface area contributed by atoms with Gasteiger partial charge >= 0.3 is 0 Å². The summed E-state index contributed by atoms with van der Waals surface area (Å²) in [5.74, 6) is 0. The van der Waals surface area contributed by atoms with Gasteiger partial charge in [-0.25, -0.2) is 0 Å². The smallest absolute Gasteiger partial charge is 0.0159 e. The average molecular weight is 499 g/mol. The van der Waals surface area contributed by atoms with Gasteiger partial charge in [-0.1, -0.05) is 135 Å². The molecular formula is C39H30. The fourth-order valence-corrected chi connectivity index (χ4v) is 6.03. The van der Waals surface area contributed by atoms with Crippen molar-refractivity contribution in [1.29, 1.82) is 0 Å². The van der Waals surface area contributed by atoms with Crippen LogP contribution in [0.15, 0.2) is 133 Å². The first-order valence-corrected chi connectivity index (χ1v) is 13.7. The fraction of sp³-hybridized carbons (Fsp3) is 0.0769. The Kier molecular flexibility index (Phi) is 5.56. The van der Waals surface area contributed by atoms with E-state index in [0.717, 1.165) is 0 Å². The molecule has 6 aromatic carbocycles. The highest BCUT2D eigenvalue weighted by atomic mass is 14.4. The van der Waals surface area contributed by atoms with E-state index in [9.17, 15) is 0 Å². The molecule has 7 rings (SSSR count). The highest BCUT2D eigenvalue weighted by Crippen LogP contribution is 2.50. The summed E-state index contributed by atoms with van der Waals surface area (Å²) in [6.45, 7) is 4.72. The molecule has 0 atom stereocenters. The molecule has 0 heterocycles. The van der Waals surface area contributed by atoms with E-state index in [1.165, 1.54) is 66.4 Å². The van der Waals surface area contributed by atoms with Gasteiger partial charge in [0.1, 0.15) is 0 Å². The zero-order chi connectivity index (χ0) is 26.4. The zero-order valence-electron chi connectivity index (χ0n) is 22.4. The van der Waals surface area contributed by atoms with Crippen LogP contribution >= 0.6 is 0 Å². The van der Waals surface area contributed by atoms with Gasteiger partial charge in [-0.2, -0.15) is 0 Å². The predicted molar refractivity (Wildman–Crippen MR) is 168 cm³/mol. The highest BCUT2D eigenvalue weighted by molar-refractivity contribution is 5.91. The SMILES string of the molecule is CC1(C)c2cc(-c3ccccc3)ccc2-c2ccc(-c3ccc4cc(C=Cc5ccccc5)ccc4c3)cc21. The molecule has 0 unspecified atom stereocenters. The molecule has 0 aromatic heterocycles. The van der Waals surface area contributed by atoms with E-state index in [1.54, 1.807) is 0 Å². The maximum absolute atomic E-state index is 2.41. The minimum atomic E-state index is -0.0533. The Morgan fingerprint density at radius 3 is 1.62 bits per heavy atom. The van der Waals surface area contributed by atoms with Crippen molar-refractivity contribution >= 4 is 22.9 Å². The van der Waals surface area contributed by atoms with Crippen LogP contribution in [-0.4, -0.2) is 0 Å². The first-order valence-electron chi connectivity index (χ1n) is 13.7. The van der Waals surface area contributed by atoms with E-state index in [1.807, 2.05) is 6.07 Å². The molecule has 0 fully saturated rings. The molecule has 0 heteroatoms. The van der Waals surface area contributed by atoms with E-state index in [0.29, 0.717) is 0 Å². The molecule has 186 valence electrons. The Balaban J connectivity index is 1.22. The van der Waals surface area contributed by atoms with Crippen molar-refractivity contribution in [2.24, 2.45) is 0 Å². The van der Waals surface area contributed by atoms with Crippen LogP contribution in [-0.2, 0) is 5.41 Å².